The Morgan fingerprint density at radius 2 is 1.97 bits per heavy atom. The van der Waals surface area contributed by atoms with Crippen molar-refractivity contribution in [3.05, 3.63) is 48.2 Å². The second-order valence-corrected chi connectivity index (χ2v) is 9.10. The van der Waals surface area contributed by atoms with Crippen molar-refractivity contribution in [2.24, 2.45) is 5.41 Å². The van der Waals surface area contributed by atoms with Gasteiger partial charge in [0.05, 0.1) is 48.2 Å². The third-order valence-corrected chi connectivity index (χ3v) is 5.57. The van der Waals surface area contributed by atoms with Crippen LogP contribution < -0.4 is 10.6 Å². The van der Waals surface area contributed by atoms with E-state index in [1.807, 2.05) is 19.9 Å². The van der Waals surface area contributed by atoms with Crippen LogP contribution in [0, 0.1) is 22.6 Å². The van der Waals surface area contributed by atoms with E-state index in [-0.39, 0.29) is 43.9 Å². The normalized spacial score (nSPS) is 19.6. The van der Waals surface area contributed by atoms with Crippen molar-refractivity contribution in [3.63, 3.8) is 0 Å². The first-order chi connectivity index (χ1) is 17.3. The Balaban J connectivity index is 1.61. The molecule has 0 unspecified atom stereocenters. The van der Waals surface area contributed by atoms with Crippen molar-refractivity contribution in [3.8, 4) is 28.7 Å². The monoisotopic (exact) mass is 493 g/mol. The lowest BCUT2D eigenvalue weighted by Gasteiger charge is -2.35. The van der Waals surface area contributed by atoms with Crippen LogP contribution in [0.4, 0.5) is 10.3 Å². The predicted octanol–water partition coefficient (Wildman–Crippen LogP) is 3.57. The molecule has 1 amide bonds. The summed E-state index contributed by atoms with van der Waals surface area (Å²) >= 11 is 0. The number of hydrogen-bond acceptors (Lipinski definition) is 8. The number of halogens is 1. The Kier molecular flexibility index (Phi) is 7.57. The SMILES string of the molecule is CC(C)Nc1nccc(-c2[nH]c(C3OCC(C)(C(=O)NCCC#N)CO3)nc2-c2ccc(F)cc2)n1. The van der Waals surface area contributed by atoms with Crippen molar-refractivity contribution in [1.82, 2.24) is 25.3 Å². The van der Waals surface area contributed by atoms with Crippen LogP contribution in [0.25, 0.3) is 22.6 Å². The summed E-state index contributed by atoms with van der Waals surface area (Å²) in [6.07, 6.45) is 1.03. The molecular weight excluding hydrogens is 465 g/mol. The molecule has 1 aliphatic heterocycles. The minimum absolute atomic E-state index is 0.105. The van der Waals surface area contributed by atoms with E-state index in [0.717, 1.165) is 0 Å². The highest BCUT2D eigenvalue weighted by Crippen LogP contribution is 2.35. The number of aromatic nitrogens is 4. The standard InChI is InChI=1S/C25H28FN7O3/c1-15(2)30-24-29-12-9-18(31-24)20-19(16-5-7-17(26)8-6-16)32-21(33-20)22-35-13-25(3,14-36-22)23(34)28-11-4-10-27/h5-9,12,15,22H,4,11,13-14H2,1-3H3,(H,28,34)(H,32,33)(H,29,30,31). The zero-order valence-electron chi connectivity index (χ0n) is 20.3. The van der Waals surface area contributed by atoms with Gasteiger partial charge >= 0.3 is 0 Å². The lowest BCUT2D eigenvalue weighted by Crippen LogP contribution is -2.48. The first-order valence-electron chi connectivity index (χ1n) is 11.6. The Bertz CT molecular complexity index is 1250. The Morgan fingerprint density at radius 3 is 2.64 bits per heavy atom. The number of nitriles is 1. The van der Waals surface area contributed by atoms with Gasteiger partial charge in [0, 0.05) is 24.3 Å². The minimum Gasteiger partial charge on any atom is -0.354 e. The van der Waals surface area contributed by atoms with Crippen LogP contribution >= 0.6 is 0 Å². The highest BCUT2D eigenvalue weighted by Gasteiger charge is 2.40. The molecule has 0 saturated carbocycles. The highest BCUT2D eigenvalue weighted by atomic mass is 19.1. The molecule has 3 heterocycles. The van der Waals surface area contributed by atoms with Gasteiger partial charge in [0.15, 0.2) is 5.82 Å². The number of aromatic amines is 1. The van der Waals surface area contributed by atoms with E-state index in [1.54, 1.807) is 31.3 Å². The number of nitrogens with zero attached hydrogens (tertiary/aromatic N) is 4. The van der Waals surface area contributed by atoms with E-state index in [1.165, 1.54) is 12.1 Å². The van der Waals surface area contributed by atoms with Crippen LogP contribution in [0.3, 0.4) is 0 Å². The smallest absolute Gasteiger partial charge is 0.230 e. The molecule has 3 aromatic rings. The number of rotatable bonds is 8. The fraction of sp³-hybridized carbons (Fsp3) is 0.400. The van der Waals surface area contributed by atoms with Gasteiger partial charge in [0.25, 0.3) is 0 Å². The lowest BCUT2D eigenvalue weighted by atomic mass is 9.91. The molecule has 0 bridgehead atoms. The van der Waals surface area contributed by atoms with Gasteiger partial charge in [-0.25, -0.2) is 19.3 Å². The van der Waals surface area contributed by atoms with Gasteiger partial charge in [-0.3, -0.25) is 4.79 Å². The van der Waals surface area contributed by atoms with Crippen LogP contribution in [0.5, 0.6) is 0 Å². The van der Waals surface area contributed by atoms with Crippen LogP contribution in [0.2, 0.25) is 0 Å². The first kappa shape index (κ1) is 25.2. The third-order valence-electron chi connectivity index (χ3n) is 5.57. The number of nitrogens with one attached hydrogen (secondary N) is 3. The molecule has 0 radical (unpaired) electrons. The molecule has 0 atom stereocenters. The molecule has 2 aromatic heterocycles. The van der Waals surface area contributed by atoms with Gasteiger partial charge < -0.3 is 25.1 Å². The molecule has 11 heteroatoms. The summed E-state index contributed by atoms with van der Waals surface area (Å²) in [4.78, 5) is 29.4. The highest BCUT2D eigenvalue weighted by molar-refractivity contribution is 5.82. The first-order valence-corrected chi connectivity index (χ1v) is 11.6. The van der Waals surface area contributed by atoms with E-state index in [0.29, 0.717) is 34.4 Å². The summed E-state index contributed by atoms with van der Waals surface area (Å²) in [7, 11) is 0. The molecular formula is C25H28FN7O3. The second kappa shape index (κ2) is 10.8. The number of amides is 1. The number of anilines is 1. The number of carbonyl (C=O) groups excluding carboxylic acids is 1. The Morgan fingerprint density at radius 1 is 1.25 bits per heavy atom. The van der Waals surface area contributed by atoms with Gasteiger partial charge in [-0.15, -0.1) is 0 Å². The van der Waals surface area contributed by atoms with Crippen molar-refractivity contribution < 1.29 is 18.7 Å². The maximum Gasteiger partial charge on any atom is 0.230 e. The number of benzene rings is 1. The quantitative estimate of drug-likeness (QED) is 0.405. The van der Waals surface area contributed by atoms with Gasteiger partial charge in [-0.05, 0) is 51.1 Å². The fourth-order valence-corrected chi connectivity index (χ4v) is 3.67. The lowest BCUT2D eigenvalue weighted by molar-refractivity contribution is -0.231. The number of H-pyrrole nitrogens is 1. The molecule has 1 aliphatic rings. The molecule has 1 fully saturated rings. The molecule has 1 saturated heterocycles. The molecule has 0 aliphatic carbocycles. The maximum atomic E-state index is 13.6. The molecule has 0 spiro atoms. The molecule has 10 nitrogen and oxygen atoms in total. The molecule has 188 valence electrons. The van der Waals surface area contributed by atoms with E-state index >= 15 is 0 Å². The summed E-state index contributed by atoms with van der Waals surface area (Å²) in [6, 6.07) is 9.89. The van der Waals surface area contributed by atoms with Crippen LogP contribution in [-0.4, -0.2) is 51.6 Å². The number of carbonyl (C=O) groups is 1. The van der Waals surface area contributed by atoms with E-state index in [4.69, 9.17) is 19.7 Å². The van der Waals surface area contributed by atoms with Crippen molar-refractivity contribution >= 4 is 11.9 Å². The second-order valence-electron chi connectivity index (χ2n) is 9.10. The Hall–Kier alpha value is -3.88. The predicted molar refractivity (Wildman–Crippen MR) is 130 cm³/mol. The van der Waals surface area contributed by atoms with E-state index in [9.17, 15) is 9.18 Å². The average Bonchev–Trinajstić information content (AvgIpc) is 3.30. The number of hydrogen-bond donors (Lipinski definition) is 3. The fourth-order valence-electron chi connectivity index (χ4n) is 3.67. The van der Waals surface area contributed by atoms with Crippen LogP contribution in [0.1, 0.15) is 39.3 Å². The topological polar surface area (TPSA) is 138 Å². The zero-order valence-corrected chi connectivity index (χ0v) is 20.3. The average molecular weight is 494 g/mol. The minimum atomic E-state index is -0.898. The molecule has 1 aromatic carbocycles. The largest absolute Gasteiger partial charge is 0.354 e. The van der Waals surface area contributed by atoms with Crippen molar-refractivity contribution in [2.75, 3.05) is 25.1 Å². The van der Waals surface area contributed by atoms with Gasteiger partial charge in [-0.1, -0.05) is 0 Å². The summed E-state index contributed by atoms with van der Waals surface area (Å²) in [5.74, 6) is 0.266. The van der Waals surface area contributed by atoms with Crippen molar-refractivity contribution in [1.29, 1.82) is 5.26 Å². The van der Waals surface area contributed by atoms with Crippen LogP contribution in [0.15, 0.2) is 36.5 Å². The number of ether oxygens (including phenoxy) is 2. The number of imidazole rings is 1. The van der Waals surface area contributed by atoms with Gasteiger partial charge in [0.2, 0.25) is 18.1 Å². The maximum absolute atomic E-state index is 13.6. The Labute approximate surface area is 208 Å². The van der Waals surface area contributed by atoms with E-state index < -0.39 is 11.7 Å². The summed E-state index contributed by atoms with van der Waals surface area (Å²) in [5.41, 5.74) is 1.52. The molecule has 36 heavy (non-hydrogen) atoms. The summed E-state index contributed by atoms with van der Waals surface area (Å²) in [5, 5.41) is 14.6. The third kappa shape index (κ3) is 5.67. The zero-order chi connectivity index (χ0) is 25.7. The van der Waals surface area contributed by atoms with Gasteiger partial charge in [0.1, 0.15) is 5.82 Å². The molecule has 4 rings (SSSR count). The van der Waals surface area contributed by atoms with E-state index in [2.05, 4.69) is 25.6 Å². The van der Waals surface area contributed by atoms with Gasteiger partial charge in [-0.2, -0.15) is 5.26 Å². The van der Waals surface area contributed by atoms with Crippen molar-refractivity contribution in [2.45, 2.75) is 39.5 Å². The summed E-state index contributed by atoms with van der Waals surface area (Å²) < 4.78 is 25.4. The molecule has 3 N–H and O–H groups in total. The summed E-state index contributed by atoms with van der Waals surface area (Å²) in [6.45, 7) is 6.20. The van der Waals surface area contributed by atoms with Crippen LogP contribution in [-0.2, 0) is 14.3 Å².